The third-order valence-electron chi connectivity index (χ3n) is 3.88. The number of ketones is 1. The molecule has 0 saturated carbocycles. The maximum atomic E-state index is 12.8. The molecule has 0 N–H and O–H groups in total. The summed E-state index contributed by atoms with van der Waals surface area (Å²) in [6.07, 6.45) is 3.57. The van der Waals surface area contributed by atoms with Crippen molar-refractivity contribution in [3.63, 3.8) is 0 Å². The number of aromatic nitrogens is 2. The molecule has 1 aliphatic carbocycles. The maximum Gasteiger partial charge on any atom is 0.195 e. The average molecular weight is 328 g/mol. The number of carbonyl (C=O) groups excluding carboxylic acids is 1. The van der Waals surface area contributed by atoms with Gasteiger partial charge in [-0.3, -0.25) is 4.79 Å². The molecule has 2 aromatic rings. The van der Waals surface area contributed by atoms with E-state index in [0.29, 0.717) is 29.1 Å². The molecule has 0 saturated heterocycles. The zero-order valence-corrected chi connectivity index (χ0v) is 13.9. The number of nitrogens with zero attached hydrogens (tertiary/aromatic N) is 2. The summed E-state index contributed by atoms with van der Waals surface area (Å²) in [4.78, 5) is 21.6. The summed E-state index contributed by atoms with van der Waals surface area (Å²) in [5.74, 6) is 0.482. The van der Waals surface area contributed by atoms with E-state index in [1.807, 2.05) is 6.92 Å². The van der Waals surface area contributed by atoms with E-state index < -0.39 is 9.84 Å². The van der Waals surface area contributed by atoms with Crippen LogP contribution in [0.5, 0.6) is 0 Å². The number of fused-ring (bicyclic) bond motifs is 1. The number of allylic oxidation sites excluding steroid dienone is 2. The van der Waals surface area contributed by atoms with Crippen LogP contribution in [0.25, 0.3) is 5.57 Å². The molecule has 1 aromatic heterocycles. The van der Waals surface area contributed by atoms with E-state index in [-0.39, 0.29) is 10.7 Å². The van der Waals surface area contributed by atoms with Crippen LogP contribution in [0, 0.1) is 6.92 Å². The van der Waals surface area contributed by atoms with Crippen LogP contribution < -0.4 is 0 Å². The van der Waals surface area contributed by atoms with Crippen molar-refractivity contribution in [2.75, 3.05) is 6.26 Å². The second-order valence-corrected chi connectivity index (χ2v) is 7.76. The fourth-order valence-corrected chi connectivity index (χ4v) is 3.35. The molecule has 1 aliphatic rings. The molecule has 6 heteroatoms. The summed E-state index contributed by atoms with van der Waals surface area (Å²) in [6, 6.07) is 6.01. The molecule has 1 aromatic carbocycles. The molecular weight excluding hydrogens is 312 g/mol. The minimum atomic E-state index is -3.27. The highest BCUT2D eigenvalue weighted by molar-refractivity contribution is 7.90. The first-order chi connectivity index (χ1) is 10.8. The van der Waals surface area contributed by atoms with Gasteiger partial charge in [0.15, 0.2) is 15.6 Å². The summed E-state index contributed by atoms with van der Waals surface area (Å²) in [5.41, 5.74) is 3.64. The summed E-state index contributed by atoms with van der Waals surface area (Å²) < 4.78 is 23.0. The quantitative estimate of drug-likeness (QED) is 0.809. The lowest BCUT2D eigenvalue weighted by atomic mass is 10.00. The second-order valence-electron chi connectivity index (χ2n) is 5.75. The van der Waals surface area contributed by atoms with E-state index in [1.54, 1.807) is 25.3 Å². The molecule has 0 bridgehead atoms. The van der Waals surface area contributed by atoms with E-state index in [2.05, 4.69) is 9.97 Å². The summed E-state index contributed by atoms with van der Waals surface area (Å²) in [7, 11) is -3.27. The Morgan fingerprint density at radius 1 is 1.13 bits per heavy atom. The molecule has 3 rings (SSSR count). The van der Waals surface area contributed by atoms with E-state index in [4.69, 9.17) is 0 Å². The van der Waals surface area contributed by atoms with E-state index in [9.17, 15) is 13.2 Å². The topological polar surface area (TPSA) is 77.0 Å². The summed E-state index contributed by atoms with van der Waals surface area (Å²) >= 11 is 0. The van der Waals surface area contributed by atoms with Crippen LogP contribution in [0.3, 0.4) is 0 Å². The smallest absolute Gasteiger partial charge is 0.195 e. The van der Waals surface area contributed by atoms with Gasteiger partial charge in [-0.2, -0.15) is 0 Å². The third-order valence-corrected chi connectivity index (χ3v) is 5.00. The van der Waals surface area contributed by atoms with Crippen molar-refractivity contribution in [1.82, 2.24) is 9.97 Å². The molecule has 0 unspecified atom stereocenters. The van der Waals surface area contributed by atoms with E-state index in [1.165, 1.54) is 12.1 Å². The lowest BCUT2D eigenvalue weighted by Gasteiger charge is -2.07. The number of benzene rings is 1. The van der Waals surface area contributed by atoms with Gasteiger partial charge in [-0.1, -0.05) is 5.57 Å². The molecule has 23 heavy (non-hydrogen) atoms. The second kappa shape index (κ2) is 5.38. The fraction of sp³-hybridized carbons (Fsp3) is 0.235. The zero-order valence-electron chi connectivity index (χ0n) is 13.1. The van der Waals surface area contributed by atoms with Crippen LogP contribution in [0.4, 0.5) is 0 Å². The van der Waals surface area contributed by atoms with Crippen LogP contribution in [0.2, 0.25) is 0 Å². The number of carbonyl (C=O) groups is 1. The molecule has 0 radical (unpaired) electrons. The van der Waals surface area contributed by atoms with Gasteiger partial charge in [0, 0.05) is 29.2 Å². The molecule has 0 atom stereocenters. The van der Waals surface area contributed by atoms with Crippen molar-refractivity contribution in [3.8, 4) is 0 Å². The van der Waals surface area contributed by atoms with E-state index in [0.717, 1.165) is 17.4 Å². The number of hydrogen-bond acceptors (Lipinski definition) is 5. The first kappa shape index (κ1) is 15.6. The Hall–Kier alpha value is -2.34. The van der Waals surface area contributed by atoms with Crippen LogP contribution in [-0.4, -0.2) is 30.4 Å². The predicted molar refractivity (Wildman–Crippen MR) is 86.9 cm³/mol. The largest absolute Gasteiger partial charge is 0.289 e. The predicted octanol–water partition coefficient (Wildman–Crippen LogP) is 2.40. The fourth-order valence-electron chi connectivity index (χ4n) is 2.72. The minimum absolute atomic E-state index is 0.139. The maximum absolute atomic E-state index is 12.8. The van der Waals surface area contributed by atoms with Crippen molar-refractivity contribution >= 4 is 21.2 Å². The van der Waals surface area contributed by atoms with Gasteiger partial charge >= 0.3 is 0 Å². The molecule has 1 heterocycles. The minimum Gasteiger partial charge on any atom is -0.289 e. The van der Waals surface area contributed by atoms with Crippen molar-refractivity contribution in [2.24, 2.45) is 0 Å². The van der Waals surface area contributed by atoms with Crippen molar-refractivity contribution in [3.05, 3.63) is 58.7 Å². The highest BCUT2D eigenvalue weighted by Crippen LogP contribution is 2.33. The number of rotatable bonds is 3. The standard InChI is InChI=1S/C17H16N2O3S/c1-10-8-13-9-18-11(2)19-16(13)15(10)17(20)12-4-6-14(7-5-12)23(3,21)22/h4-7,9H,8H2,1-3H3. The molecule has 0 spiro atoms. The molecule has 0 aliphatic heterocycles. The Morgan fingerprint density at radius 3 is 2.39 bits per heavy atom. The Balaban J connectivity index is 2.02. The number of Topliss-reactive ketones (excluding diaryl/α,β-unsaturated/α-hetero) is 1. The Morgan fingerprint density at radius 2 is 1.78 bits per heavy atom. The molecular formula is C17H16N2O3S. The number of aryl methyl sites for hydroxylation is 1. The van der Waals surface area contributed by atoms with Crippen molar-refractivity contribution < 1.29 is 13.2 Å². The third kappa shape index (κ3) is 2.82. The van der Waals surface area contributed by atoms with Crippen LogP contribution in [-0.2, 0) is 16.3 Å². The lowest BCUT2D eigenvalue weighted by Crippen LogP contribution is -2.06. The van der Waals surface area contributed by atoms with Crippen LogP contribution in [0.1, 0.15) is 34.4 Å². The molecule has 0 amide bonds. The highest BCUT2D eigenvalue weighted by atomic mass is 32.2. The monoisotopic (exact) mass is 328 g/mol. The number of sulfone groups is 1. The van der Waals surface area contributed by atoms with Crippen LogP contribution >= 0.6 is 0 Å². The summed E-state index contributed by atoms with van der Waals surface area (Å²) in [6.45, 7) is 3.70. The lowest BCUT2D eigenvalue weighted by molar-refractivity contribution is 0.105. The Labute approximate surface area is 135 Å². The Kier molecular flexibility index (Phi) is 3.64. The SMILES string of the molecule is CC1=C(C(=O)c2ccc(S(C)(=O)=O)cc2)c2nc(C)ncc2C1. The molecule has 5 nitrogen and oxygen atoms in total. The van der Waals surface area contributed by atoms with Gasteiger partial charge in [0.25, 0.3) is 0 Å². The van der Waals surface area contributed by atoms with Gasteiger partial charge in [0.2, 0.25) is 0 Å². The summed E-state index contributed by atoms with van der Waals surface area (Å²) in [5, 5.41) is 0. The zero-order chi connectivity index (χ0) is 16.8. The first-order valence-corrected chi connectivity index (χ1v) is 9.04. The Bertz CT molecular complexity index is 942. The normalized spacial score (nSPS) is 14.0. The van der Waals surface area contributed by atoms with Gasteiger partial charge in [-0.05, 0) is 44.5 Å². The molecule has 118 valence electrons. The first-order valence-electron chi connectivity index (χ1n) is 7.15. The average Bonchev–Trinajstić information content (AvgIpc) is 2.81. The van der Waals surface area contributed by atoms with Crippen molar-refractivity contribution in [1.29, 1.82) is 0 Å². The highest BCUT2D eigenvalue weighted by Gasteiger charge is 2.27. The number of hydrogen-bond donors (Lipinski definition) is 0. The van der Waals surface area contributed by atoms with Gasteiger partial charge in [0.1, 0.15) is 5.82 Å². The van der Waals surface area contributed by atoms with Gasteiger partial charge in [0.05, 0.1) is 10.6 Å². The van der Waals surface area contributed by atoms with E-state index >= 15 is 0 Å². The van der Waals surface area contributed by atoms with Crippen LogP contribution in [0.15, 0.2) is 40.9 Å². The van der Waals surface area contributed by atoms with Gasteiger partial charge in [-0.25, -0.2) is 18.4 Å². The van der Waals surface area contributed by atoms with Gasteiger partial charge in [-0.15, -0.1) is 0 Å². The molecule has 0 fully saturated rings. The van der Waals surface area contributed by atoms with Crippen molar-refractivity contribution in [2.45, 2.75) is 25.2 Å². The van der Waals surface area contributed by atoms with Gasteiger partial charge < -0.3 is 0 Å².